The van der Waals surface area contributed by atoms with Gasteiger partial charge in [-0.1, -0.05) is 148 Å². The molecule has 5 N–H and O–H groups in total. The van der Waals surface area contributed by atoms with E-state index in [1.807, 2.05) is 69.8 Å². The third-order valence-corrected chi connectivity index (χ3v) is 51.4. The van der Waals surface area contributed by atoms with Crippen molar-refractivity contribution < 1.29 is 77.5 Å². The summed E-state index contributed by atoms with van der Waals surface area (Å²) in [5, 5.41) is 51.7. The van der Waals surface area contributed by atoms with E-state index in [0.717, 1.165) is 93.6 Å². The normalized spacial score (nSPS) is 19.8. The number of nitrogens with one attached hydrogen (secondary N) is 1. The maximum Gasteiger partial charge on any atom is 0.514 e. The zero-order valence-corrected chi connectivity index (χ0v) is 98.4. The number of benzene rings is 4. The molecule has 0 amide bonds. The molecule has 0 saturated carbocycles. The lowest BCUT2D eigenvalue weighted by atomic mass is 9.81. The van der Waals surface area contributed by atoms with Crippen molar-refractivity contribution in [1.82, 2.24) is 20.7 Å². The van der Waals surface area contributed by atoms with Crippen molar-refractivity contribution in [3.63, 3.8) is 0 Å². The molecular formula is C88H140N10O16S21Si. The minimum atomic E-state index is -1.70. The number of aromatic hydroxyl groups is 2. The number of phenols is 2. The lowest BCUT2D eigenvalue weighted by Gasteiger charge is -2.37. The van der Waals surface area contributed by atoms with E-state index in [4.69, 9.17) is 53.8 Å². The smallest absolute Gasteiger partial charge is 0.508 e. The first kappa shape index (κ1) is 133. The molecule has 768 valence electrons. The standard InChI is InChI=1S/C23H35NO5.C18H26N4O2.C17H26N4O3.C17H35NO2Si.C12H14O4.CH4.S8.S7.S6/c1-7-12-23(13-17(2)3)14-20(16-25)29-24(23)15-18-8-10-19(11-9-18)27-21(26)28-22(4,5)6;1-4-9-18(10-14(2)3)11-17(12-20-21-19)24-22(18)13-15-5-7-16(23)8-6-15;1-13(2)9-17(7-8-22)10-16(11-19-20-18)24-21(17)12-14-3-5-15(23)6-4-14;1-9-10-17(11-14(2)3)12-15(20-18-17)13-19-21(7,8)16(4,5)6;1-12(2,3)16-11(14)15-10-6-4-9(8-13)5-7-10;;1-3-5-7-8-6-4-2;1-3-5-7-6-4-2;1-3-5-6-4-2/h7-11,17,20,25H,1,12-16H2,2-6H3;4-8,14,17,23H,1,9-13H2,2-3H3;3-6,13,16,22-23H,7-12H2,1-2H3;9,14-15,18H,1,10-13H2,2-8H3;4-8H,1-3H3;1H4;;;/t20-,23-;17-,18-;16-,17-;15-,17-;;;;;/m1111...../s1. The molecule has 4 fully saturated rings. The minimum Gasteiger partial charge on any atom is -0.508 e. The van der Waals surface area contributed by atoms with E-state index in [0.29, 0.717) is 79.9 Å². The van der Waals surface area contributed by atoms with Gasteiger partial charge < -0.3 is 43.8 Å². The summed E-state index contributed by atoms with van der Waals surface area (Å²) in [5.74, 6) is 3.34. The average molecular weight is 2300 g/mol. The molecule has 4 saturated heterocycles. The maximum absolute atomic E-state index is 11.8. The zero-order chi connectivity index (χ0) is 102. The van der Waals surface area contributed by atoms with Crippen LogP contribution in [-0.2, 0) is 253 Å². The Balaban J connectivity index is 0.00000160. The second kappa shape index (κ2) is 72.2. The highest BCUT2D eigenvalue weighted by Crippen LogP contribution is 2.45. The summed E-state index contributed by atoms with van der Waals surface area (Å²) in [7, 11) is 20.4. The van der Waals surface area contributed by atoms with Crippen LogP contribution in [0.3, 0.4) is 0 Å². The van der Waals surface area contributed by atoms with E-state index in [-0.39, 0.29) is 90.3 Å². The number of nitrogens with zero attached hydrogens (tertiary/aromatic N) is 9. The highest BCUT2D eigenvalue weighted by molar-refractivity contribution is 8.70. The fourth-order valence-electron chi connectivity index (χ4n) is 14.7. The van der Waals surface area contributed by atoms with Crippen molar-refractivity contribution in [2.75, 3.05) is 32.9 Å². The van der Waals surface area contributed by atoms with Crippen molar-refractivity contribution in [2.45, 2.75) is 298 Å². The molecule has 4 aliphatic heterocycles. The molecule has 4 aliphatic rings. The summed E-state index contributed by atoms with van der Waals surface area (Å²) >= 11 is 27.4. The molecule has 0 aromatic heterocycles. The fraction of sp³-hybridized carbons (Fsp3) is 0.625. The number of hydrogen-bond acceptors (Lipinski definition) is 28. The SMILES string of the molecule is C.C=CC[C@@]1(CC(C)C)C[C@H](CN=[N+]=[N-])ON1Cc1ccc(O)cc1.C=CC[C@@]1(CC(C)C)C[C@H](CO)ON1Cc1ccc(OC(=O)OC(C)(C)C)cc1.C=CC[C@@]1(CC(C)C)C[C@H](CO[Si](C)(C)C(C)(C)C)ON1.CC(C)(C)OC(=O)Oc1ccc(C=O)cc1.CC(C)C[C@]1(CCO)C[C@H](CN=[N+]=[N-])ON1Cc1ccc(O)cc1.S=S=S=S=S=S.S=S=S=S=S=S=S.S=S=S=S=S=S=S=S. The van der Waals surface area contributed by atoms with E-state index in [2.05, 4.69) is 202 Å². The first-order chi connectivity index (χ1) is 63.7. The van der Waals surface area contributed by atoms with Crippen LogP contribution >= 0.6 is 0 Å². The molecule has 0 spiro atoms. The van der Waals surface area contributed by atoms with Crippen LogP contribution in [0, 0.1) is 23.7 Å². The summed E-state index contributed by atoms with van der Waals surface area (Å²) in [6.07, 6.45) is 15.2. The highest BCUT2D eigenvalue weighted by Gasteiger charge is 2.50. The second-order valence-electron chi connectivity index (χ2n) is 36.6. The van der Waals surface area contributed by atoms with Gasteiger partial charge >= 0.3 is 12.3 Å². The quantitative estimate of drug-likeness (QED) is 0.00432. The Hall–Kier alpha value is -3.07. The first-order valence-electron chi connectivity index (χ1n) is 42.9. The van der Waals surface area contributed by atoms with Crippen LogP contribution in [-0.4, -0.2) is 153 Å². The lowest BCUT2D eigenvalue weighted by molar-refractivity contribution is -0.203. The summed E-state index contributed by atoms with van der Waals surface area (Å²) in [6.45, 7) is 54.5. The Bertz CT molecular complexity index is 5050. The van der Waals surface area contributed by atoms with Crippen LogP contribution in [0.4, 0.5) is 9.59 Å². The Morgan fingerprint density at radius 3 is 1.18 bits per heavy atom. The number of hydroxylamine groups is 7. The third kappa shape index (κ3) is 56.4. The van der Waals surface area contributed by atoms with Crippen LogP contribution in [0.2, 0.25) is 18.1 Å². The van der Waals surface area contributed by atoms with E-state index in [1.165, 1.54) is 83.2 Å². The lowest BCUT2D eigenvalue weighted by Crippen LogP contribution is -2.44. The summed E-state index contributed by atoms with van der Waals surface area (Å²) in [5.41, 5.74) is 22.3. The molecule has 8 rings (SSSR count). The van der Waals surface area contributed by atoms with Gasteiger partial charge in [0.25, 0.3) is 0 Å². The molecule has 48 heteroatoms. The second-order valence-corrected chi connectivity index (χ2v) is 68.0. The van der Waals surface area contributed by atoms with Gasteiger partial charge in [-0.3, -0.25) is 24.1 Å². The van der Waals surface area contributed by atoms with Crippen molar-refractivity contribution in [1.29, 1.82) is 0 Å². The molecule has 4 aromatic carbocycles. The molecule has 0 radical (unpaired) electrons. The molecule has 4 heterocycles. The third-order valence-electron chi connectivity index (χ3n) is 20.3. The van der Waals surface area contributed by atoms with E-state index < -0.39 is 31.8 Å². The van der Waals surface area contributed by atoms with Gasteiger partial charge in [0.15, 0.2) is 8.32 Å². The zero-order valence-electron chi connectivity index (χ0n) is 80.2. The molecule has 136 heavy (non-hydrogen) atoms. The van der Waals surface area contributed by atoms with Crippen LogP contribution in [0.5, 0.6) is 23.0 Å². The van der Waals surface area contributed by atoms with Crippen LogP contribution in [0.15, 0.2) is 145 Å². The fourth-order valence-corrected chi connectivity index (χ4v) is 40.5. The number of aldehydes is 1. The van der Waals surface area contributed by atoms with Crippen LogP contribution in [0.25, 0.3) is 20.9 Å². The largest absolute Gasteiger partial charge is 0.514 e. The van der Waals surface area contributed by atoms with Gasteiger partial charge in [0.2, 0.25) is 0 Å². The van der Waals surface area contributed by atoms with E-state index in [9.17, 15) is 34.8 Å². The number of carbonyl (C=O) groups excluding carboxylic acids is 3. The number of aliphatic hydroxyl groups is 2. The summed E-state index contributed by atoms with van der Waals surface area (Å²) < 4.78 is 26.6. The van der Waals surface area contributed by atoms with Crippen molar-refractivity contribution >= 4 is 227 Å². The van der Waals surface area contributed by atoms with Crippen molar-refractivity contribution in [3.05, 3.63) is 178 Å². The summed E-state index contributed by atoms with van der Waals surface area (Å²) in [6, 6.07) is 27.7. The Labute approximate surface area is 881 Å². The number of carbonyl (C=O) groups is 3. The topological polar surface area (TPSA) is 334 Å². The van der Waals surface area contributed by atoms with Gasteiger partial charge in [0, 0.05) is 248 Å². The van der Waals surface area contributed by atoms with Gasteiger partial charge in [-0.15, -0.1) is 19.7 Å². The maximum atomic E-state index is 11.8. The number of ether oxygens (including phenoxy) is 4. The predicted octanol–water partition coefficient (Wildman–Crippen LogP) is 20.9. The van der Waals surface area contributed by atoms with Gasteiger partial charge in [-0.2, -0.15) is 20.7 Å². The number of rotatable bonds is 33. The molecule has 0 unspecified atom stereocenters. The first-order valence-corrected chi connectivity index (χ1v) is 69.8. The van der Waals surface area contributed by atoms with Gasteiger partial charge in [0.1, 0.15) is 52.7 Å². The van der Waals surface area contributed by atoms with Gasteiger partial charge in [-0.25, -0.2) is 9.59 Å². The minimum absolute atomic E-state index is 0. The Kier molecular flexibility index (Phi) is 70.6. The molecule has 26 nitrogen and oxygen atoms in total. The van der Waals surface area contributed by atoms with Crippen molar-refractivity contribution in [3.8, 4) is 23.0 Å². The van der Waals surface area contributed by atoms with Crippen LogP contribution < -0.4 is 15.0 Å². The van der Waals surface area contributed by atoms with E-state index >= 15 is 0 Å². The molecule has 0 bridgehead atoms. The Morgan fingerprint density at radius 1 is 0.515 bits per heavy atom. The van der Waals surface area contributed by atoms with Crippen molar-refractivity contribution in [2.24, 2.45) is 33.9 Å². The highest BCUT2D eigenvalue weighted by atomic mass is 33.4. The average Bonchev–Trinajstić information content (AvgIpc) is 1.64. The predicted molar refractivity (Wildman–Crippen MR) is 610 cm³/mol. The molecule has 8 atom stereocenters. The number of aliphatic hydroxyl groups excluding tert-OH is 2. The molecule has 4 aromatic rings. The number of azide groups is 2. The molecular weight excluding hydrogens is 2150 g/mol. The van der Waals surface area contributed by atoms with E-state index in [1.54, 1.807) is 152 Å². The number of phenolic OH excluding ortho intramolecular Hbond substituents is 2. The Morgan fingerprint density at radius 2 is 0.846 bits per heavy atom. The summed E-state index contributed by atoms with van der Waals surface area (Å²) in [4.78, 5) is 63.2. The monoisotopic (exact) mass is 2290 g/mol. The van der Waals surface area contributed by atoms with Gasteiger partial charge in [-0.05, 0) is 249 Å². The molecule has 0 aliphatic carbocycles. The number of hydrogen-bond donors (Lipinski definition) is 5. The van der Waals surface area contributed by atoms with Crippen LogP contribution in [0.1, 0.15) is 229 Å². The van der Waals surface area contributed by atoms with Gasteiger partial charge in [0.05, 0.1) is 55.1 Å².